The van der Waals surface area contributed by atoms with Crippen molar-refractivity contribution in [3.05, 3.63) is 24.3 Å². The Bertz CT molecular complexity index is 730. The predicted octanol–water partition coefficient (Wildman–Crippen LogP) is 2.65. The average molecular weight is 410 g/mol. The standard InChI is InChI=1S/C21H35N3O3S/c1-22-15-13-17(14-16-22)23(2)20-7-5-6-8-21(20)24(3)28(25,26)19-11-9-18(27-4)10-12-19/h9-12,17,20-21H,5-8,13-16H2,1-4H3/t20-,21-/m1/s1. The van der Waals surface area contributed by atoms with Crippen LogP contribution in [0.25, 0.3) is 0 Å². The van der Waals surface area contributed by atoms with Gasteiger partial charge >= 0.3 is 0 Å². The van der Waals surface area contributed by atoms with Gasteiger partial charge in [0.25, 0.3) is 0 Å². The largest absolute Gasteiger partial charge is 0.497 e. The van der Waals surface area contributed by atoms with Crippen LogP contribution in [0, 0.1) is 0 Å². The van der Waals surface area contributed by atoms with Crippen LogP contribution in [0.1, 0.15) is 38.5 Å². The number of nitrogens with zero attached hydrogens (tertiary/aromatic N) is 3. The number of rotatable bonds is 6. The summed E-state index contributed by atoms with van der Waals surface area (Å²) in [6.45, 7) is 2.23. The number of benzene rings is 1. The molecule has 0 radical (unpaired) electrons. The van der Waals surface area contributed by atoms with Crippen LogP contribution in [0.5, 0.6) is 5.75 Å². The van der Waals surface area contributed by atoms with E-state index in [0.717, 1.165) is 45.2 Å². The van der Waals surface area contributed by atoms with E-state index >= 15 is 0 Å². The van der Waals surface area contributed by atoms with E-state index < -0.39 is 10.0 Å². The van der Waals surface area contributed by atoms with Crippen molar-refractivity contribution in [2.75, 3.05) is 41.3 Å². The maximum Gasteiger partial charge on any atom is 0.243 e. The Morgan fingerprint density at radius 2 is 1.54 bits per heavy atom. The Hall–Kier alpha value is -1.15. The molecule has 158 valence electrons. The summed E-state index contributed by atoms with van der Waals surface area (Å²) in [6.07, 6.45) is 6.57. The van der Waals surface area contributed by atoms with Crippen LogP contribution in [0.4, 0.5) is 0 Å². The molecule has 0 spiro atoms. The molecule has 0 bridgehead atoms. The van der Waals surface area contributed by atoms with E-state index in [1.807, 2.05) is 0 Å². The predicted molar refractivity (Wildman–Crippen MR) is 112 cm³/mol. The van der Waals surface area contributed by atoms with Crippen molar-refractivity contribution in [3.8, 4) is 5.75 Å². The van der Waals surface area contributed by atoms with Gasteiger partial charge in [-0.3, -0.25) is 4.90 Å². The van der Waals surface area contributed by atoms with E-state index in [1.54, 1.807) is 42.7 Å². The lowest BCUT2D eigenvalue weighted by Crippen LogP contribution is -2.56. The summed E-state index contributed by atoms with van der Waals surface area (Å²) in [5.74, 6) is 0.666. The summed E-state index contributed by atoms with van der Waals surface area (Å²) in [7, 11) is 4.19. The third kappa shape index (κ3) is 4.53. The second-order valence-corrected chi connectivity index (χ2v) is 10.3. The number of hydrogen-bond donors (Lipinski definition) is 0. The molecule has 1 saturated carbocycles. The molecule has 0 amide bonds. The van der Waals surface area contributed by atoms with E-state index in [2.05, 4.69) is 23.9 Å². The molecule has 0 N–H and O–H groups in total. The van der Waals surface area contributed by atoms with Crippen molar-refractivity contribution in [2.24, 2.45) is 0 Å². The van der Waals surface area contributed by atoms with Gasteiger partial charge in [-0.15, -0.1) is 0 Å². The van der Waals surface area contributed by atoms with Crippen molar-refractivity contribution in [1.29, 1.82) is 0 Å². The quantitative estimate of drug-likeness (QED) is 0.723. The second kappa shape index (κ2) is 9.11. The van der Waals surface area contributed by atoms with Crippen molar-refractivity contribution in [1.82, 2.24) is 14.1 Å². The Kier molecular flexibility index (Phi) is 7.02. The molecule has 6 nitrogen and oxygen atoms in total. The third-order valence-electron chi connectivity index (χ3n) is 6.68. The lowest BCUT2D eigenvalue weighted by Gasteiger charge is -2.46. The Morgan fingerprint density at radius 1 is 0.964 bits per heavy atom. The summed E-state index contributed by atoms with van der Waals surface area (Å²) in [5, 5.41) is 0. The number of hydrogen-bond acceptors (Lipinski definition) is 5. The van der Waals surface area contributed by atoms with Crippen molar-refractivity contribution < 1.29 is 13.2 Å². The van der Waals surface area contributed by atoms with E-state index in [1.165, 1.54) is 6.42 Å². The number of likely N-dealkylation sites (tertiary alicyclic amines) is 1. The molecular formula is C21H35N3O3S. The average Bonchev–Trinajstić information content (AvgIpc) is 2.73. The summed E-state index contributed by atoms with van der Waals surface area (Å²) in [6, 6.07) is 7.55. The maximum absolute atomic E-state index is 13.3. The fraction of sp³-hybridized carbons (Fsp3) is 0.714. The minimum atomic E-state index is -3.53. The smallest absolute Gasteiger partial charge is 0.243 e. The molecule has 1 saturated heterocycles. The van der Waals surface area contributed by atoms with Crippen LogP contribution in [0.2, 0.25) is 0 Å². The van der Waals surface area contributed by atoms with E-state index in [9.17, 15) is 8.42 Å². The molecular weight excluding hydrogens is 374 g/mol. The van der Waals surface area contributed by atoms with Crippen molar-refractivity contribution in [3.63, 3.8) is 0 Å². The van der Waals surface area contributed by atoms with Crippen molar-refractivity contribution in [2.45, 2.75) is 61.5 Å². The molecule has 2 fully saturated rings. The van der Waals surface area contributed by atoms with Gasteiger partial charge in [-0.25, -0.2) is 8.42 Å². The highest BCUT2D eigenvalue weighted by molar-refractivity contribution is 7.89. The topological polar surface area (TPSA) is 53.1 Å². The number of likely N-dealkylation sites (N-methyl/N-ethyl adjacent to an activating group) is 2. The van der Waals surface area contributed by atoms with Gasteiger partial charge < -0.3 is 9.64 Å². The third-order valence-corrected chi connectivity index (χ3v) is 8.58. The normalized spacial score (nSPS) is 25.4. The molecule has 28 heavy (non-hydrogen) atoms. The molecule has 1 heterocycles. The van der Waals surface area contributed by atoms with Gasteiger partial charge in [0.15, 0.2) is 0 Å². The number of ether oxygens (including phenoxy) is 1. The molecule has 3 rings (SSSR count). The fourth-order valence-corrected chi connectivity index (χ4v) is 6.17. The van der Waals surface area contributed by atoms with E-state index in [0.29, 0.717) is 16.7 Å². The lowest BCUT2D eigenvalue weighted by atomic mass is 9.87. The lowest BCUT2D eigenvalue weighted by molar-refractivity contribution is 0.0534. The first-order chi connectivity index (χ1) is 13.3. The summed E-state index contributed by atoms with van der Waals surface area (Å²) >= 11 is 0. The minimum absolute atomic E-state index is 0.0190. The van der Waals surface area contributed by atoms with Gasteiger partial charge in [-0.2, -0.15) is 4.31 Å². The van der Waals surface area contributed by atoms with Gasteiger partial charge in [-0.1, -0.05) is 12.8 Å². The van der Waals surface area contributed by atoms with Crippen LogP contribution in [0.3, 0.4) is 0 Å². The number of piperidine rings is 1. The van der Waals surface area contributed by atoms with Crippen molar-refractivity contribution >= 4 is 10.0 Å². The number of sulfonamides is 1. The van der Waals surface area contributed by atoms with E-state index in [-0.39, 0.29) is 12.1 Å². The zero-order valence-electron chi connectivity index (χ0n) is 17.7. The minimum Gasteiger partial charge on any atom is -0.497 e. The highest BCUT2D eigenvalue weighted by atomic mass is 32.2. The molecule has 2 atom stereocenters. The highest BCUT2D eigenvalue weighted by Crippen LogP contribution is 2.32. The monoisotopic (exact) mass is 409 g/mol. The Balaban J connectivity index is 1.78. The second-order valence-electron chi connectivity index (χ2n) is 8.32. The molecule has 7 heteroatoms. The fourth-order valence-electron chi connectivity index (χ4n) is 4.76. The summed E-state index contributed by atoms with van der Waals surface area (Å²) in [4.78, 5) is 5.20. The molecule has 1 aliphatic carbocycles. The van der Waals surface area contributed by atoms with Gasteiger partial charge in [0.1, 0.15) is 5.75 Å². The number of methoxy groups -OCH3 is 1. The maximum atomic E-state index is 13.3. The molecule has 1 aromatic rings. The molecule has 2 aliphatic rings. The van der Waals surface area contributed by atoms with Crippen LogP contribution in [0.15, 0.2) is 29.2 Å². The first-order valence-corrected chi connectivity index (χ1v) is 11.8. The van der Waals surface area contributed by atoms with E-state index in [4.69, 9.17) is 4.74 Å². The van der Waals surface area contributed by atoms with Gasteiger partial charge in [0.05, 0.1) is 12.0 Å². The van der Waals surface area contributed by atoms with Crippen LogP contribution in [-0.2, 0) is 10.0 Å². The zero-order valence-corrected chi connectivity index (χ0v) is 18.5. The SMILES string of the molecule is COc1ccc(S(=O)(=O)N(C)[C@@H]2CCCC[C@H]2N(C)C2CCN(C)CC2)cc1. The van der Waals surface area contributed by atoms with Gasteiger partial charge in [0, 0.05) is 25.2 Å². The first-order valence-electron chi connectivity index (χ1n) is 10.4. The molecule has 1 aromatic carbocycles. The van der Waals surface area contributed by atoms with Gasteiger partial charge in [0.2, 0.25) is 10.0 Å². The zero-order chi connectivity index (χ0) is 20.3. The molecule has 1 aliphatic heterocycles. The molecule has 0 unspecified atom stereocenters. The summed E-state index contributed by atoms with van der Waals surface area (Å²) < 4.78 is 33.3. The van der Waals surface area contributed by atoms with Crippen LogP contribution in [-0.4, -0.2) is 82.0 Å². The van der Waals surface area contributed by atoms with Crippen LogP contribution >= 0.6 is 0 Å². The van der Waals surface area contributed by atoms with Crippen LogP contribution < -0.4 is 4.74 Å². The first kappa shape index (κ1) is 21.6. The Labute approximate surface area is 170 Å². The van der Waals surface area contributed by atoms with Gasteiger partial charge in [-0.05, 0) is 77.1 Å². The Morgan fingerprint density at radius 3 is 2.11 bits per heavy atom. The molecule has 0 aromatic heterocycles. The summed E-state index contributed by atoms with van der Waals surface area (Å²) in [5.41, 5.74) is 0. The highest BCUT2D eigenvalue weighted by Gasteiger charge is 2.39.